The molecule has 10 heteroatoms. The first-order chi connectivity index (χ1) is 12.0. The van der Waals surface area contributed by atoms with Crippen LogP contribution in [0.5, 0.6) is 0 Å². The van der Waals surface area contributed by atoms with Gasteiger partial charge in [-0.15, -0.1) is 24.8 Å². The molecule has 0 amide bonds. The lowest BCUT2D eigenvalue weighted by Gasteiger charge is -2.32. The van der Waals surface area contributed by atoms with Gasteiger partial charge in [0.2, 0.25) is 0 Å². The van der Waals surface area contributed by atoms with Gasteiger partial charge in [0.1, 0.15) is 18.2 Å². The molecule has 0 bridgehead atoms. The minimum Gasteiger partial charge on any atom is -0.377 e. The second-order valence-corrected chi connectivity index (χ2v) is 6.47. The van der Waals surface area contributed by atoms with Gasteiger partial charge < -0.3 is 20.8 Å². The van der Waals surface area contributed by atoms with Gasteiger partial charge in [0.05, 0.1) is 0 Å². The number of anilines is 1. The highest BCUT2D eigenvalue weighted by Gasteiger charge is 2.29. The van der Waals surface area contributed by atoms with Crippen LogP contribution in [0.4, 0.5) is 5.82 Å². The number of aromatic nitrogens is 4. The van der Waals surface area contributed by atoms with E-state index in [1.54, 1.807) is 7.11 Å². The highest BCUT2D eigenvalue weighted by molar-refractivity contribution is 5.85. The molecule has 2 aromatic heterocycles. The zero-order valence-electron chi connectivity index (χ0n) is 15.4. The van der Waals surface area contributed by atoms with E-state index in [1.807, 2.05) is 13.0 Å². The molecule has 4 N–H and O–H groups in total. The Hall–Kier alpha value is -1.74. The van der Waals surface area contributed by atoms with Crippen LogP contribution in [0.3, 0.4) is 0 Å². The number of hydrogen-bond acceptors (Lipinski definition) is 7. The molecule has 8 nitrogen and oxygen atoms in total. The molecule has 0 unspecified atom stereocenters. The molecule has 2 heterocycles. The molecule has 0 atom stereocenters. The molecule has 0 saturated heterocycles. The normalized spacial score (nSPS) is 18.0. The summed E-state index contributed by atoms with van der Waals surface area (Å²) in [6.45, 7) is 2.79. The lowest BCUT2D eigenvalue weighted by Crippen LogP contribution is -2.35. The van der Waals surface area contributed by atoms with Crippen molar-refractivity contribution >= 4 is 30.6 Å². The van der Waals surface area contributed by atoms with Gasteiger partial charge in [0.15, 0.2) is 5.82 Å². The quantitative estimate of drug-likeness (QED) is 0.628. The van der Waals surface area contributed by atoms with Gasteiger partial charge in [-0.2, -0.15) is 0 Å². The summed E-state index contributed by atoms with van der Waals surface area (Å²) in [4.78, 5) is 27.6. The van der Waals surface area contributed by atoms with Gasteiger partial charge in [-0.05, 0) is 19.8 Å². The highest BCUT2D eigenvalue weighted by Crippen LogP contribution is 2.35. The highest BCUT2D eigenvalue weighted by atomic mass is 35.5. The fourth-order valence-electron chi connectivity index (χ4n) is 2.98. The maximum atomic E-state index is 11.5. The summed E-state index contributed by atoms with van der Waals surface area (Å²) < 4.78 is 5.16. The van der Waals surface area contributed by atoms with E-state index in [2.05, 4.69) is 25.3 Å². The van der Waals surface area contributed by atoms with Crippen LogP contribution in [0, 0.1) is 6.92 Å². The molecular weight excluding hydrogens is 391 g/mol. The molecule has 1 saturated carbocycles. The van der Waals surface area contributed by atoms with E-state index in [0.29, 0.717) is 42.8 Å². The summed E-state index contributed by atoms with van der Waals surface area (Å²) in [6, 6.07) is 3.72. The summed E-state index contributed by atoms with van der Waals surface area (Å²) in [5.74, 6) is 2.47. The van der Waals surface area contributed by atoms with E-state index in [4.69, 9.17) is 10.5 Å². The lowest BCUT2D eigenvalue weighted by atomic mass is 9.78. The van der Waals surface area contributed by atoms with Crippen LogP contribution in [0.15, 0.2) is 16.9 Å². The van der Waals surface area contributed by atoms with E-state index in [-0.39, 0.29) is 36.4 Å². The number of methoxy groups -OCH3 is 1. The topological polar surface area (TPSA) is 119 Å². The Kier molecular flexibility index (Phi) is 9.11. The molecule has 150 valence electrons. The maximum absolute atomic E-state index is 11.5. The van der Waals surface area contributed by atoms with Gasteiger partial charge in [0, 0.05) is 55.6 Å². The summed E-state index contributed by atoms with van der Waals surface area (Å²) in [5.41, 5.74) is 7.48. The molecule has 0 aromatic carbocycles. The zero-order chi connectivity index (χ0) is 17.8. The van der Waals surface area contributed by atoms with Crippen LogP contribution in [-0.4, -0.2) is 39.6 Å². The molecular formula is C17H26Cl2N6O2. The van der Waals surface area contributed by atoms with Crippen LogP contribution >= 0.6 is 24.8 Å². The van der Waals surface area contributed by atoms with Crippen LogP contribution in [0.1, 0.15) is 41.8 Å². The SMILES string of the molecule is COCc1nc(NCCc2nc(C)cc(=O)[nH]2)cc(C2CC(N)C2)n1.Cl.Cl. The van der Waals surface area contributed by atoms with Gasteiger partial charge in [-0.3, -0.25) is 4.79 Å². The first kappa shape index (κ1) is 23.3. The van der Waals surface area contributed by atoms with Crippen molar-refractivity contribution in [1.82, 2.24) is 19.9 Å². The van der Waals surface area contributed by atoms with E-state index in [0.717, 1.165) is 24.4 Å². The van der Waals surface area contributed by atoms with Crippen molar-refractivity contribution in [1.29, 1.82) is 0 Å². The summed E-state index contributed by atoms with van der Waals surface area (Å²) in [5, 5.41) is 3.29. The van der Waals surface area contributed by atoms with Gasteiger partial charge in [-0.25, -0.2) is 15.0 Å². The third kappa shape index (κ3) is 6.42. The number of halogens is 2. The molecule has 1 aliphatic carbocycles. The average Bonchev–Trinajstić information content (AvgIpc) is 2.51. The van der Waals surface area contributed by atoms with Crippen LogP contribution in [0.2, 0.25) is 0 Å². The zero-order valence-corrected chi connectivity index (χ0v) is 17.0. The van der Waals surface area contributed by atoms with Gasteiger partial charge >= 0.3 is 0 Å². The van der Waals surface area contributed by atoms with E-state index in [1.165, 1.54) is 6.07 Å². The molecule has 0 aliphatic heterocycles. The number of hydrogen-bond donors (Lipinski definition) is 3. The number of H-pyrrole nitrogens is 1. The number of nitrogens with one attached hydrogen (secondary N) is 2. The molecule has 3 rings (SSSR count). The van der Waals surface area contributed by atoms with Crippen LogP contribution in [-0.2, 0) is 17.8 Å². The standard InChI is InChI=1S/C17H24N6O2.2ClH/c1-10-5-17(24)23-14(20-10)3-4-19-15-8-13(11-6-12(18)7-11)21-16(22-15)9-25-2;;/h5,8,11-12H,3-4,6-7,9,18H2,1-2H3,(H,19,21,22)(H,20,23,24);2*1H. The van der Waals surface area contributed by atoms with Crippen molar-refractivity contribution in [2.45, 2.75) is 44.8 Å². The third-order valence-electron chi connectivity index (χ3n) is 4.25. The van der Waals surface area contributed by atoms with Gasteiger partial charge in [-0.1, -0.05) is 0 Å². The Morgan fingerprint density at radius 1 is 1.26 bits per heavy atom. The van der Waals surface area contributed by atoms with Crippen molar-refractivity contribution < 1.29 is 4.74 Å². The van der Waals surface area contributed by atoms with Gasteiger partial charge in [0.25, 0.3) is 5.56 Å². The Bertz CT molecular complexity index is 795. The number of aromatic amines is 1. The fourth-order valence-corrected chi connectivity index (χ4v) is 2.98. The smallest absolute Gasteiger partial charge is 0.251 e. The molecule has 1 fully saturated rings. The Balaban J connectivity index is 0.00000182. The summed E-state index contributed by atoms with van der Waals surface area (Å²) in [7, 11) is 1.63. The third-order valence-corrected chi connectivity index (χ3v) is 4.25. The molecule has 0 radical (unpaired) electrons. The average molecular weight is 417 g/mol. The largest absolute Gasteiger partial charge is 0.377 e. The number of ether oxygens (including phenoxy) is 1. The van der Waals surface area contributed by atoms with Crippen molar-refractivity contribution in [2.75, 3.05) is 19.0 Å². The predicted octanol–water partition coefficient (Wildman–Crippen LogP) is 1.72. The first-order valence-corrected chi connectivity index (χ1v) is 8.46. The Morgan fingerprint density at radius 3 is 2.63 bits per heavy atom. The maximum Gasteiger partial charge on any atom is 0.251 e. The number of aryl methyl sites for hydroxylation is 1. The minimum absolute atomic E-state index is 0. The first-order valence-electron chi connectivity index (χ1n) is 8.46. The second-order valence-electron chi connectivity index (χ2n) is 6.47. The number of nitrogens with two attached hydrogens (primary N) is 1. The Labute approximate surface area is 170 Å². The minimum atomic E-state index is -0.129. The number of rotatable bonds is 7. The van der Waals surface area contributed by atoms with Crippen LogP contribution < -0.4 is 16.6 Å². The predicted molar refractivity (Wildman–Crippen MR) is 109 cm³/mol. The fraction of sp³-hybridized carbons (Fsp3) is 0.529. The van der Waals surface area contributed by atoms with Crippen LogP contribution in [0.25, 0.3) is 0 Å². The van der Waals surface area contributed by atoms with E-state index < -0.39 is 0 Å². The summed E-state index contributed by atoms with van der Waals surface area (Å²) in [6.07, 6.45) is 2.51. The summed E-state index contributed by atoms with van der Waals surface area (Å²) >= 11 is 0. The monoisotopic (exact) mass is 416 g/mol. The van der Waals surface area contributed by atoms with E-state index in [9.17, 15) is 4.79 Å². The molecule has 27 heavy (non-hydrogen) atoms. The number of nitrogens with zero attached hydrogens (tertiary/aromatic N) is 3. The van der Waals surface area contributed by atoms with Crippen molar-refractivity contribution in [3.63, 3.8) is 0 Å². The second kappa shape index (κ2) is 10.6. The van der Waals surface area contributed by atoms with Crippen molar-refractivity contribution in [3.05, 3.63) is 45.5 Å². The molecule has 2 aromatic rings. The van der Waals surface area contributed by atoms with Crippen molar-refractivity contribution in [2.24, 2.45) is 5.73 Å². The van der Waals surface area contributed by atoms with E-state index >= 15 is 0 Å². The lowest BCUT2D eigenvalue weighted by molar-refractivity contribution is 0.177. The van der Waals surface area contributed by atoms with Crippen molar-refractivity contribution in [3.8, 4) is 0 Å². The molecule has 1 aliphatic rings. The molecule has 0 spiro atoms. The Morgan fingerprint density at radius 2 is 2.00 bits per heavy atom.